The van der Waals surface area contributed by atoms with Crippen molar-refractivity contribution >= 4 is 35.1 Å². The number of phenols is 1. The summed E-state index contributed by atoms with van der Waals surface area (Å²) in [6.45, 7) is 5.56. The van der Waals surface area contributed by atoms with E-state index in [0.717, 1.165) is 27.3 Å². The van der Waals surface area contributed by atoms with Crippen molar-refractivity contribution in [2.45, 2.75) is 20.8 Å². The molecule has 5 nitrogen and oxygen atoms in total. The van der Waals surface area contributed by atoms with Gasteiger partial charge in [0.15, 0.2) is 0 Å². The lowest BCUT2D eigenvalue weighted by Gasteiger charge is -2.02. The standard InChI is InChI=1S/C20H18ClN3O2S/c1-11-9-15(21)5-6-16(11)20-23-13(3)18(27-20)19(26)24-22-10-14-4-7-17(25)12(2)8-14/h4-10,25H,1-3H3,(H,24,26)/b22-10+. The second kappa shape index (κ2) is 7.90. The maximum absolute atomic E-state index is 12.4. The number of aryl methyl sites for hydroxylation is 3. The molecule has 7 heteroatoms. The summed E-state index contributed by atoms with van der Waals surface area (Å²) in [7, 11) is 0. The highest BCUT2D eigenvalue weighted by atomic mass is 35.5. The molecule has 0 spiro atoms. The minimum atomic E-state index is -0.311. The second-order valence-electron chi connectivity index (χ2n) is 6.14. The predicted molar refractivity (Wildman–Crippen MR) is 110 cm³/mol. The van der Waals surface area contributed by atoms with Gasteiger partial charge < -0.3 is 5.11 Å². The Morgan fingerprint density at radius 1 is 1.19 bits per heavy atom. The van der Waals surface area contributed by atoms with Gasteiger partial charge in [-0.25, -0.2) is 10.4 Å². The smallest absolute Gasteiger partial charge is 0.283 e. The Morgan fingerprint density at radius 2 is 1.96 bits per heavy atom. The summed E-state index contributed by atoms with van der Waals surface area (Å²) < 4.78 is 0. The molecule has 0 aliphatic heterocycles. The van der Waals surface area contributed by atoms with E-state index in [1.54, 1.807) is 32.0 Å². The van der Waals surface area contributed by atoms with Gasteiger partial charge in [0.25, 0.3) is 5.91 Å². The molecule has 0 aliphatic rings. The SMILES string of the molecule is Cc1cc(/C=N/NC(=O)c2sc(-c3ccc(Cl)cc3C)nc2C)ccc1O. The van der Waals surface area contributed by atoms with Gasteiger partial charge in [-0.15, -0.1) is 11.3 Å². The fourth-order valence-electron chi connectivity index (χ4n) is 2.56. The highest BCUT2D eigenvalue weighted by molar-refractivity contribution is 7.17. The van der Waals surface area contributed by atoms with Gasteiger partial charge in [-0.05, 0) is 67.8 Å². The molecule has 3 aromatic rings. The zero-order valence-electron chi connectivity index (χ0n) is 15.1. The van der Waals surface area contributed by atoms with Crippen molar-refractivity contribution in [1.82, 2.24) is 10.4 Å². The number of nitrogens with one attached hydrogen (secondary N) is 1. The number of phenolic OH excluding ortho intramolecular Hbond substituents is 1. The number of amides is 1. The molecule has 0 unspecified atom stereocenters. The van der Waals surface area contributed by atoms with Gasteiger partial charge >= 0.3 is 0 Å². The van der Waals surface area contributed by atoms with Crippen LogP contribution in [-0.4, -0.2) is 22.2 Å². The van der Waals surface area contributed by atoms with Gasteiger partial charge in [-0.2, -0.15) is 5.10 Å². The van der Waals surface area contributed by atoms with Crippen LogP contribution in [0.25, 0.3) is 10.6 Å². The molecule has 0 bridgehead atoms. The largest absolute Gasteiger partial charge is 0.508 e. The van der Waals surface area contributed by atoms with Crippen molar-refractivity contribution in [3.63, 3.8) is 0 Å². The number of halogens is 1. The van der Waals surface area contributed by atoms with Crippen molar-refractivity contribution in [2.24, 2.45) is 5.10 Å². The maximum Gasteiger partial charge on any atom is 0.283 e. The summed E-state index contributed by atoms with van der Waals surface area (Å²) in [4.78, 5) is 17.5. The summed E-state index contributed by atoms with van der Waals surface area (Å²) in [5, 5.41) is 15.0. The highest BCUT2D eigenvalue weighted by Gasteiger charge is 2.17. The molecule has 0 atom stereocenters. The lowest BCUT2D eigenvalue weighted by atomic mass is 10.1. The average Bonchev–Trinajstić information content (AvgIpc) is 2.99. The number of hydrazone groups is 1. The van der Waals surface area contributed by atoms with E-state index >= 15 is 0 Å². The summed E-state index contributed by atoms with van der Waals surface area (Å²) in [5.74, 6) is -0.0869. The normalized spacial score (nSPS) is 11.1. The van der Waals surface area contributed by atoms with Crippen molar-refractivity contribution < 1.29 is 9.90 Å². The number of hydrogen-bond donors (Lipinski definition) is 2. The van der Waals surface area contributed by atoms with Crippen LogP contribution in [0.2, 0.25) is 5.02 Å². The van der Waals surface area contributed by atoms with E-state index in [-0.39, 0.29) is 11.7 Å². The Labute approximate surface area is 166 Å². The van der Waals surface area contributed by atoms with E-state index in [1.807, 2.05) is 25.1 Å². The lowest BCUT2D eigenvalue weighted by Crippen LogP contribution is -2.17. The van der Waals surface area contributed by atoms with Crippen molar-refractivity contribution in [3.8, 4) is 16.3 Å². The summed E-state index contributed by atoms with van der Waals surface area (Å²) in [6, 6.07) is 10.7. The van der Waals surface area contributed by atoms with Gasteiger partial charge in [0.2, 0.25) is 0 Å². The van der Waals surface area contributed by atoms with Gasteiger partial charge in [-0.3, -0.25) is 4.79 Å². The molecule has 0 saturated carbocycles. The molecule has 138 valence electrons. The number of carbonyl (C=O) groups excluding carboxylic acids is 1. The zero-order valence-corrected chi connectivity index (χ0v) is 16.6. The summed E-state index contributed by atoms with van der Waals surface area (Å²) in [6.07, 6.45) is 1.53. The van der Waals surface area contributed by atoms with E-state index in [0.29, 0.717) is 15.6 Å². The first-order chi connectivity index (χ1) is 12.8. The molecule has 1 heterocycles. The fraction of sp³-hybridized carbons (Fsp3) is 0.150. The number of hydrogen-bond acceptors (Lipinski definition) is 5. The van der Waals surface area contributed by atoms with E-state index < -0.39 is 0 Å². The number of nitrogens with zero attached hydrogens (tertiary/aromatic N) is 2. The van der Waals surface area contributed by atoms with Gasteiger partial charge in [0, 0.05) is 10.6 Å². The third-order valence-corrected chi connectivity index (χ3v) is 5.45. The fourth-order valence-corrected chi connectivity index (χ4v) is 3.84. The zero-order chi connectivity index (χ0) is 19.6. The quantitative estimate of drug-likeness (QED) is 0.486. The molecule has 1 amide bonds. The maximum atomic E-state index is 12.4. The molecule has 2 aromatic carbocycles. The first-order valence-corrected chi connectivity index (χ1v) is 9.41. The van der Waals surface area contributed by atoms with Crippen LogP contribution in [0.15, 0.2) is 41.5 Å². The molecule has 0 saturated heterocycles. The molecular formula is C20H18ClN3O2S. The highest BCUT2D eigenvalue weighted by Crippen LogP contribution is 2.31. The number of thiazole rings is 1. The topological polar surface area (TPSA) is 74.6 Å². The van der Waals surface area contributed by atoms with Crippen LogP contribution < -0.4 is 5.43 Å². The molecule has 2 N–H and O–H groups in total. The Kier molecular flexibility index (Phi) is 5.58. The predicted octanol–water partition coefficient (Wildman–Crippen LogP) is 4.86. The van der Waals surface area contributed by atoms with Crippen molar-refractivity contribution in [3.05, 3.63) is 68.7 Å². The van der Waals surface area contributed by atoms with Crippen molar-refractivity contribution in [1.29, 1.82) is 0 Å². The molecule has 27 heavy (non-hydrogen) atoms. The molecule has 0 radical (unpaired) electrons. The van der Waals surface area contributed by atoms with Crippen LogP contribution in [0.5, 0.6) is 5.75 Å². The van der Waals surface area contributed by atoms with E-state index in [1.165, 1.54) is 17.6 Å². The second-order valence-corrected chi connectivity index (χ2v) is 7.57. The summed E-state index contributed by atoms with van der Waals surface area (Å²) in [5.41, 5.74) is 6.66. The third-order valence-electron chi connectivity index (χ3n) is 4.02. The average molecular weight is 400 g/mol. The number of rotatable bonds is 4. The van der Waals surface area contributed by atoms with E-state index in [2.05, 4.69) is 15.5 Å². The number of aromatic nitrogens is 1. The Hall–Kier alpha value is -2.70. The number of carbonyl (C=O) groups is 1. The van der Waals surface area contributed by atoms with Gasteiger partial charge in [0.05, 0.1) is 11.9 Å². The van der Waals surface area contributed by atoms with Crippen molar-refractivity contribution in [2.75, 3.05) is 0 Å². The minimum Gasteiger partial charge on any atom is -0.508 e. The Bertz CT molecular complexity index is 1040. The van der Waals surface area contributed by atoms with Gasteiger partial charge in [-0.1, -0.05) is 17.7 Å². The molecule has 3 rings (SSSR count). The molecular weight excluding hydrogens is 382 g/mol. The van der Waals surface area contributed by atoms with Gasteiger partial charge in [0.1, 0.15) is 15.6 Å². The van der Waals surface area contributed by atoms with Crippen LogP contribution >= 0.6 is 22.9 Å². The lowest BCUT2D eigenvalue weighted by molar-refractivity contribution is 0.0958. The first kappa shape index (κ1) is 19.1. The summed E-state index contributed by atoms with van der Waals surface area (Å²) >= 11 is 7.32. The number of benzene rings is 2. The molecule has 1 aromatic heterocycles. The monoisotopic (exact) mass is 399 g/mol. The van der Waals surface area contributed by atoms with Crippen LogP contribution in [0.1, 0.15) is 32.1 Å². The van der Waals surface area contributed by atoms with Crippen LogP contribution in [0, 0.1) is 20.8 Å². The molecule has 0 aliphatic carbocycles. The van der Waals surface area contributed by atoms with E-state index in [9.17, 15) is 9.90 Å². The van der Waals surface area contributed by atoms with Crippen LogP contribution in [0.4, 0.5) is 0 Å². The first-order valence-electron chi connectivity index (χ1n) is 8.22. The van der Waals surface area contributed by atoms with Crippen LogP contribution in [0.3, 0.4) is 0 Å². The van der Waals surface area contributed by atoms with E-state index in [4.69, 9.17) is 11.6 Å². The Morgan fingerprint density at radius 3 is 2.67 bits per heavy atom. The van der Waals surface area contributed by atoms with Crippen LogP contribution in [-0.2, 0) is 0 Å². The number of aromatic hydroxyl groups is 1. The third kappa shape index (κ3) is 4.35. The Balaban J connectivity index is 1.76. The minimum absolute atomic E-state index is 0.224. The molecule has 0 fully saturated rings.